The van der Waals surface area contributed by atoms with E-state index in [0.29, 0.717) is 6.54 Å². The lowest BCUT2D eigenvalue weighted by atomic mass is 9.92. The summed E-state index contributed by atoms with van der Waals surface area (Å²) < 4.78 is 5.44. The molecule has 0 aliphatic heterocycles. The molecule has 0 aliphatic carbocycles. The van der Waals surface area contributed by atoms with Crippen molar-refractivity contribution in [3.8, 4) is 5.75 Å². The first-order valence-electron chi connectivity index (χ1n) is 7.35. The second-order valence-corrected chi connectivity index (χ2v) is 5.28. The van der Waals surface area contributed by atoms with Gasteiger partial charge >= 0.3 is 0 Å². The van der Waals surface area contributed by atoms with E-state index in [2.05, 4.69) is 24.3 Å². The predicted molar refractivity (Wildman–Crippen MR) is 90.9 cm³/mol. The van der Waals surface area contributed by atoms with Crippen molar-refractivity contribution in [1.82, 2.24) is 0 Å². The van der Waals surface area contributed by atoms with E-state index in [0.717, 1.165) is 33.2 Å². The molecule has 0 heterocycles. The van der Waals surface area contributed by atoms with Crippen molar-refractivity contribution in [3.05, 3.63) is 77.4 Å². The van der Waals surface area contributed by atoms with Gasteiger partial charge in [-0.2, -0.15) is 0 Å². The third-order valence-corrected chi connectivity index (χ3v) is 4.08. The van der Waals surface area contributed by atoms with Crippen molar-refractivity contribution in [2.45, 2.75) is 12.6 Å². The minimum Gasteiger partial charge on any atom is -0.496 e. The number of rotatable bonds is 4. The van der Waals surface area contributed by atoms with E-state index in [-0.39, 0.29) is 6.04 Å². The summed E-state index contributed by atoms with van der Waals surface area (Å²) in [6, 6.07) is 20.0. The fourth-order valence-corrected chi connectivity index (χ4v) is 2.92. The summed E-state index contributed by atoms with van der Waals surface area (Å²) in [5, 5.41) is 2.30. The second-order valence-electron chi connectivity index (χ2n) is 5.28. The van der Waals surface area contributed by atoms with Gasteiger partial charge in [0.25, 0.3) is 0 Å². The molecule has 0 amide bonds. The molecular weight excluding hydrogens is 272 g/mol. The van der Waals surface area contributed by atoms with Crippen molar-refractivity contribution in [3.63, 3.8) is 0 Å². The van der Waals surface area contributed by atoms with Crippen LogP contribution < -0.4 is 16.2 Å². The quantitative estimate of drug-likeness (QED) is 0.775. The van der Waals surface area contributed by atoms with Crippen LogP contribution in [0.4, 0.5) is 0 Å². The van der Waals surface area contributed by atoms with Gasteiger partial charge in [-0.3, -0.25) is 0 Å². The van der Waals surface area contributed by atoms with Gasteiger partial charge in [0.15, 0.2) is 0 Å². The highest BCUT2D eigenvalue weighted by atomic mass is 16.5. The van der Waals surface area contributed by atoms with Crippen LogP contribution in [0.3, 0.4) is 0 Å². The van der Waals surface area contributed by atoms with Gasteiger partial charge in [-0.1, -0.05) is 54.6 Å². The van der Waals surface area contributed by atoms with Crippen molar-refractivity contribution in [2.24, 2.45) is 11.5 Å². The van der Waals surface area contributed by atoms with Crippen LogP contribution in [0.1, 0.15) is 22.7 Å². The molecule has 1 atom stereocenters. The summed E-state index contributed by atoms with van der Waals surface area (Å²) in [7, 11) is 1.67. The molecule has 0 aliphatic rings. The molecule has 0 saturated carbocycles. The number of methoxy groups -OCH3 is 1. The molecule has 0 saturated heterocycles. The average molecular weight is 292 g/mol. The Kier molecular flexibility index (Phi) is 4.09. The Balaban J connectivity index is 2.18. The lowest BCUT2D eigenvalue weighted by Gasteiger charge is -2.19. The fraction of sp³-hybridized carbons (Fsp3) is 0.158. The molecule has 0 bridgehead atoms. The van der Waals surface area contributed by atoms with Gasteiger partial charge < -0.3 is 16.2 Å². The normalized spacial score (nSPS) is 12.3. The Bertz CT molecular complexity index is 798. The fourth-order valence-electron chi connectivity index (χ4n) is 2.92. The van der Waals surface area contributed by atoms with E-state index in [9.17, 15) is 0 Å². The molecule has 4 N–H and O–H groups in total. The number of hydrogen-bond donors (Lipinski definition) is 2. The second kappa shape index (κ2) is 6.18. The number of nitrogens with two attached hydrogens (primary N) is 2. The monoisotopic (exact) mass is 292 g/mol. The number of para-hydroxylation sites is 1. The standard InChI is InChI=1S/C19H20N2O/c1-22-18-9-5-4-8-17(18)19(21)16-11-10-13(12-20)14-6-2-3-7-15(14)16/h2-11,19H,12,20-21H2,1H3. The topological polar surface area (TPSA) is 61.3 Å². The maximum absolute atomic E-state index is 6.54. The van der Waals surface area contributed by atoms with Gasteiger partial charge in [0, 0.05) is 12.1 Å². The first kappa shape index (κ1) is 14.6. The van der Waals surface area contributed by atoms with Crippen LogP contribution in [0.2, 0.25) is 0 Å². The summed E-state index contributed by atoms with van der Waals surface area (Å²) >= 11 is 0. The van der Waals surface area contributed by atoms with E-state index >= 15 is 0 Å². The number of fused-ring (bicyclic) bond motifs is 1. The highest BCUT2D eigenvalue weighted by Crippen LogP contribution is 2.33. The minimum atomic E-state index is -0.243. The molecule has 0 radical (unpaired) electrons. The third kappa shape index (κ3) is 2.45. The summed E-state index contributed by atoms with van der Waals surface area (Å²) in [5.41, 5.74) is 15.6. The molecule has 3 aromatic rings. The van der Waals surface area contributed by atoms with Crippen LogP contribution in [0.25, 0.3) is 10.8 Å². The molecule has 3 nitrogen and oxygen atoms in total. The zero-order valence-corrected chi connectivity index (χ0v) is 12.6. The largest absolute Gasteiger partial charge is 0.496 e. The Morgan fingerprint density at radius 2 is 1.55 bits per heavy atom. The van der Waals surface area contributed by atoms with E-state index in [4.69, 9.17) is 16.2 Å². The summed E-state index contributed by atoms with van der Waals surface area (Å²) in [5.74, 6) is 0.807. The molecule has 22 heavy (non-hydrogen) atoms. The Morgan fingerprint density at radius 3 is 2.27 bits per heavy atom. The minimum absolute atomic E-state index is 0.243. The Hall–Kier alpha value is -2.36. The maximum Gasteiger partial charge on any atom is 0.123 e. The van der Waals surface area contributed by atoms with Crippen LogP contribution in [0.15, 0.2) is 60.7 Å². The number of ether oxygens (including phenoxy) is 1. The SMILES string of the molecule is COc1ccccc1C(N)c1ccc(CN)c2ccccc12. The first-order chi connectivity index (χ1) is 10.8. The molecule has 3 rings (SSSR count). The summed E-state index contributed by atoms with van der Waals surface area (Å²) in [6.07, 6.45) is 0. The average Bonchev–Trinajstić information content (AvgIpc) is 2.60. The first-order valence-corrected chi connectivity index (χ1v) is 7.35. The van der Waals surface area contributed by atoms with Crippen molar-refractivity contribution < 1.29 is 4.74 Å². The number of hydrogen-bond acceptors (Lipinski definition) is 3. The molecular formula is C19H20N2O. The maximum atomic E-state index is 6.54. The van der Waals surface area contributed by atoms with Gasteiger partial charge in [0.2, 0.25) is 0 Å². The highest BCUT2D eigenvalue weighted by Gasteiger charge is 2.16. The summed E-state index contributed by atoms with van der Waals surface area (Å²) in [4.78, 5) is 0. The predicted octanol–water partition coefficient (Wildman–Crippen LogP) is 3.36. The van der Waals surface area contributed by atoms with Crippen LogP contribution >= 0.6 is 0 Å². The molecule has 0 spiro atoms. The van der Waals surface area contributed by atoms with Gasteiger partial charge in [-0.05, 0) is 28.0 Å². The van der Waals surface area contributed by atoms with E-state index in [1.165, 1.54) is 0 Å². The molecule has 3 aromatic carbocycles. The highest BCUT2D eigenvalue weighted by molar-refractivity contribution is 5.89. The molecule has 1 unspecified atom stereocenters. The zero-order chi connectivity index (χ0) is 15.5. The van der Waals surface area contributed by atoms with Crippen LogP contribution in [-0.4, -0.2) is 7.11 Å². The molecule has 0 fully saturated rings. The van der Waals surface area contributed by atoms with Crippen molar-refractivity contribution in [2.75, 3.05) is 7.11 Å². The van der Waals surface area contributed by atoms with Crippen molar-refractivity contribution >= 4 is 10.8 Å². The lowest BCUT2D eigenvalue weighted by Crippen LogP contribution is -2.14. The smallest absolute Gasteiger partial charge is 0.123 e. The Labute approximate surface area is 130 Å². The molecule has 3 heteroatoms. The third-order valence-electron chi connectivity index (χ3n) is 4.08. The van der Waals surface area contributed by atoms with Gasteiger partial charge in [0.1, 0.15) is 5.75 Å². The zero-order valence-electron chi connectivity index (χ0n) is 12.6. The van der Waals surface area contributed by atoms with Gasteiger partial charge in [-0.15, -0.1) is 0 Å². The van der Waals surface area contributed by atoms with E-state index < -0.39 is 0 Å². The van der Waals surface area contributed by atoms with Gasteiger partial charge in [-0.25, -0.2) is 0 Å². The number of benzene rings is 3. The van der Waals surface area contributed by atoms with E-state index in [1.807, 2.05) is 36.4 Å². The lowest BCUT2D eigenvalue weighted by molar-refractivity contribution is 0.408. The van der Waals surface area contributed by atoms with Crippen LogP contribution in [0.5, 0.6) is 5.75 Å². The molecule has 0 aromatic heterocycles. The van der Waals surface area contributed by atoms with E-state index in [1.54, 1.807) is 7.11 Å². The van der Waals surface area contributed by atoms with Gasteiger partial charge in [0.05, 0.1) is 13.2 Å². The molecule has 112 valence electrons. The van der Waals surface area contributed by atoms with Crippen LogP contribution in [0, 0.1) is 0 Å². The van der Waals surface area contributed by atoms with Crippen molar-refractivity contribution in [1.29, 1.82) is 0 Å². The summed E-state index contributed by atoms with van der Waals surface area (Å²) in [6.45, 7) is 0.519. The Morgan fingerprint density at radius 1 is 0.864 bits per heavy atom. The van der Waals surface area contributed by atoms with Crippen LogP contribution in [-0.2, 0) is 6.54 Å².